The molecule has 0 N–H and O–H groups in total. The third kappa shape index (κ3) is 3.47. The Kier molecular flexibility index (Phi) is 5.02. The van der Waals surface area contributed by atoms with Gasteiger partial charge < -0.3 is 4.74 Å². The number of halogens is 1. The van der Waals surface area contributed by atoms with Crippen LogP contribution >= 0.6 is 11.3 Å². The maximum absolute atomic E-state index is 13.3. The fourth-order valence-corrected chi connectivity index (χ4v) is 4.15. The van der Waals surface area contributed by atoms with Crippen molar-refractivity contribution in [2.45, 2.75) is 20.4 Å². The number of thiazole rings is 1. The highest BCUT2D eigenvalue weighted by atomic mass is 32.1. The van der Waals surface area contributed by atoms with Gasteiger partial charge in [0.05, 0.1) is 29.9 Å². The molecule has 0 unspecified atom stereocenters. The number of benzene rings is 2. The summed E-state index contributed by atoms with van der Waals surface area (Å²) in [5.74, 6) is -0.773. The largest absolute Gasteiger partial charge is 0.462 e. The second kappa shape index (κ2) is 7.63. The summed E-state index contributed by atoms with van der Waals surface area (Å²) >= 11 is 1.13. The van der Waals surface area contributed by atoms with Gasteiger partial charge in [0.15, 0.2) is 5.13 Å². The van der Waals surface area contributed by atoms with E-state index in [1.807, 2.05) is 24.3 Å². The maximum atomic E-state index is 13.3. The molecule has 0 radical (unpaired) electrons. The van der Waals surface area contributed by atoms with E-state index < -0.39 is 5.97 Å². The van der Waals surface area contributed by atoms with Crippen molar-refractivity contribution in [2.75, 3.05) is 6.61 Å². The van der Waals surface area contributed by atoms with Crippen molar-refractivity contribution in [1.29, 1.82) is 0 Å². The molecule has 0 saturated carbocycles. The van der Waals surface area contributed by atoms with Crippen LogP contribution in [0.5, 0.6) is 0 Å². The first-order valence-corrected chi connectivity index (χ1v) is 9.91. The number of carbonyl (C=O) groups is 1. The lowest BCUT2D eigenvalue weighted by atomic mass is 10.2. The zero-order chi connectivity index (χ0) is 20.5. The van der Waals surface area contributed by atoms with Gasteiger partial charge in [-0.15, -0.1) is 0 Å². The molecule has 0 bridgehead atoms. The molecule has 0 aliphatic rings. The van der Waals surface area contributed by atoms with Crippen molar-refractivity contribution in [2.24, 2.45) is 0 Å². The van der Waals surface area contributed by atoms with Crippen molar-refractivity contribution < 1.29 is 13.9 Å². The number of nitrogens with zero attached hydrogens (tertiary/aromatic N) is 3. The number of carbonyl (C=O) groups excluding carboxylic acids is 1. The maximum Gasteiger partial charge on any atom is 0.350 e. The van der Waals surface area contributed by atoms with Gasteiger partial charge >= 0.3 is 11.7 Å². The third-order valence-corrected chi connectivity index (χ3v) is 5.65. The zero-order valence-electron chi connectivity index (χ0n) is 15.9. The van der Waals surface area contributed by atoms with Crippen LogP contribution in [0.25, 0.3) is 16.2 Å². The zero-order valence-corrected chi connectivity index (χ0v) is 16.7. The summed E-state index contributed by atoms with van der Waals surface area (Å²) in [6.07, 6.45) is 0. The minimum atomic E-state index is -0.447. The number of para-hydroxylation sites is 2. The molecule has 0 atom stereocenters. The van der Waals surface area contributed by atoms with E-state index in [4.69, 9.17) is 4.74 Å². The highest BCUT2D eigenvalue weighted by Crippen LogP contribution is 2.25. The quantitative estimate of drug-likeness (QED) is 0.467. The number of ether oxygens (including phenoxy) is 1. The monoisotopic (exact) mass is 411 g/mol. The summed E-state index contributed by atoms with van der Waals surface area (Å²) in [6, 6.07) is 13.4. The first-order chi connectivity index (χ1) is 14.0. The Labute approximate surface area is 169 Å². The molecule has 6 nitrogen and oxygen atoms in total. The Hall–Kier alpha value is -3.26. The van der Waals surface area contributed by atoms with Gasteiger partial charge in [-0.2, -0.15) is 0 Å². The van der Waals surface area contributed by atoms with Crippen LogP contribution < -0.4 is 5.69 Å². The second-order valence-electron chi connectivity index (χ2n) is 6.45. The van der Waals surface area contributed by atoms with Crippen LogP contribution in [0.4, 0.5) is 4.39 Å². The summed E-state index contributed by atoms with van der Waals surface area (Å²) in [5, 5.41) is 0.407. The number of aryl methyl sites for hydroxylation is 1. The summed E-state index contributed by atoms with van der Waals surface area (Å²) in [6.45, 7) is 4.02. The predicted molar refractivity (Wildman–Crippen MR) is 109 cm³/mol. The molecule has 2 aromatic carbocycles. The van der Waals surface area contributed by atoms with Crippen LogP contribution in [-0.2, 0) is 11.3 Å². The highest BCUT2D eigenvalue weighted by Gasteiger charge is 2.21. The molecule has 0 aliphatic heterocycles. The van der Waals surface area contributed by atoms with Gasteiger partial charge in [0.1, 0.15) is 10.7 Å². The van der Waals surface area contributed by atoms with Gasteiger partial charge in [-0.3, -0.25) is 4.57 Å². The molecule has 2 aromatic heterocycles. The lowest BCUT2D eigenvalue weighted by Crippen LogP contribution is -2.23. The number of esters is 1. The number of hydrogen-bond acceptors (Lipinski definition) is 5. The Morgan fingerprint density at radius 1 is 1.14 bits per heavy atom. The van der Waals surface area contributed by atoms with Crippen LogP contribution in [0, 0.1) is 12.7 Å². The van der Waals surface area contributed by atoms with Crippen LogP contribution in [0.1, 0.15) is 27.9 Å². The van der Waals surface area contributed by atoms with Gasteiger partial charge in [0.25, 0.3) is 0 Å². The molecule has 0 spiro atoms. The minimum Gasteiger partial charge on any atom is -0.462 e. The molecule has 0 saturated heterocycles. The van der Waals surface area contributed by atoms with Crippen molar-refractivity contribution in [3.63, 3.8) is 0 Å². The first kappa shape index (κ1) is 19.1. The highest BCUT2D eigenvalue weighted by molar-refractivity contribution is 7.16. The van der Waals surface area contributed by atoms with Crippen molar-refractivity contribution in [3.05, 3.63) is 81.0 Å². The Morgan fingerprint density at radius 3 is 2.52 bits per heavy atom. The Morgan fingerprint density at radius 2 is 1.83 bits per heavy atom. The second-order valence-corrected chi connectivity index (χ2v) is 7.43. The Balaban J connectivity index is 1.85. The molecule has 148 valence electrons. The first-order valence-electron chi connectivity index (χ1n) is 9.09. The van der Waals surface area contributed by atoms with Gasteiger partial charge in [0, 0.05) is 0 Å². The van der Waals surface area contributed by atoms with E-state index in [2.05, 4.69) is 4.98 Å². The summed E-state index contributed by atoms with van der Waals surface area (Å²) in [4.78, 5) is 30.3. The SMILES string of the molecule is CCOC(=O)c1sc(-n2c(=O)n(Cc3ccc(F)cc3)c3ccccc32)nc1C. The molecular formula is C21H18FN3O3S. The molecule has 8 heteroatoms. The molecule has 2 heterocycles. The van der Waals surface area contributed by atoms with Crippen molar-refractivity contribution in [3.8, 4) is 5.13 Å². The number of rotatable bonds is 5. The normalized spacial score (nSPS) is 11.1. The fraction of sp³-hybridized carbons (Fsp3) is 0.190. The van der Waals surface area contributed by atoms with Crippen molar-refractivity contribution in [1.82, 2.24) is 14.1 Å². The van der Waals surface area contributed by atoms with E-state index in [-0.39, 0.29) is 18.1 Å². The van der Waals surface area contributed by atoms with Crippen LogP contribution in [0.2, 0.25) is 0 Å². The number of fused-ring (bicyclic) bond motifs is 1. The lowest BCUT2D eigenvalue weighted by Gasteiger charge is -2.03. The van der Waals surface area contributed by atoms with Crippen molar-refractivity contribution >= 4 is 28.3 Å². The summed E-state index contributed by atoms with van der Waals surface area (Å²) in [7, 11) is 0. The third-order valence-electron chi connectivity index (χ3n) is 4.53. The van der Waals surface area contributed by atoms with Crippen LogP contribution in [0.15, 0.2) is 53.3 Å². The molecular weight excluding hydrogens is 393 g/mol. The van der Waals surface area contributed by atoms with E-state index in [1.54, 1.807) is 30.5 Å². The van der Waals surface area contributed by atoms with Gasteiger partial charge in [-0.25, -0.2) is 23.5 Å². The molecule has 0 aliphatic carbocycles. The number of imidazole rings is 1. The number of aromatic nitrogens is 3. The van der Waals surface area contributed by atoms with E-state index in [1.165, 1.54) is 16.7 Å². The smallest absolute Gasteiger partial charge is 0.350 e. The molecule has 4 rings (SSSR count). The molecule has 0 fully saturated rings. The fourth-order valence-electron chi connectivity index (χ4n) is 3.18. The molecule has 29 heavy (non-hydrogen) atoms. The van der Waals surface area contributed by atoms with Crippen LogP contribution in [0.3, 0.4) is 0 Å². The number of hydrogen-bond donors (Lipinski definition) is 0. The van der Waals surface area contributed by atoms with E-state index in [9.17, 15) is 14.0 Å². The minimum absolute atomic E-state index is 0.266. The average molecular weight is 411 g/mol. The molecule has 4 aromatic rings. The van der Waals surface area contributed by atoms with E-state index in [0.29, 0.717) is 27.8 Å². The predicted octanol–water partition coefficient (Wildman–Crippen LogP) is 3.92. The van der Waals surface area contributed by atoms with Gasteiger partial charge in [0.2, 0.25) is 0 Å². The van der Waals surface area contributed by atoms with E-state index in [0.717, 1.165) is 22.4 Å². The Bertz CT molecular complexity index is 1250. The summed E-state index contributed by atoms with van der Waals surface area (Å²) < 4.78 is 21.4. The van der Waals surface area contributed by atoms with Crippen LogP contribution in [-0.4, -0.2) is 26.7 Å². The van der Waals surface area contributed by atoms with Gasteiger partial charge in [-0.05, 0) is 43.7 Å². The molecule has 0 amide bonds. The topological polar surface area (TPSA) is 66.1 Å². The standard InChI is InChI=1S/C21H18FN3O3S/c1-3-28-19(26)18-13(2)23-20(29-18)25-17-7-5-4-6-16(17)24(21(25)27)12-14-8-10-15(22)11-9-14/h4-11H,3,12H2,1-2H3. The summed E-state index contributed by atoms with van der Waals surface area (Å²) in [5.41, 5.74) is 2.46. The lowest BCUT2D eigenvalue weighted by molar-refractivity contribution is 0.0531. The average Bonchev–Trinajstić information content (AvgIpc) is 3.21. The van der Waals surface area contributed by atoms with Gasteiger partial charge in [-0.1, -0.05) is 35.6 Å². The van der Waals surface area contributed by atoms with E-state index >= 15 is 0 Å².